The van der Waals surface area contributed by atoms with Gasteiger partial charge in [0.15, 0.2) is 0 Å². The minimum absolute atomic E-state index is 0.504. The number of nitrogens with one attached hydrogen (secondary N) is 2. The number of rotatable bonds is 4. The van der Waals surface area contributed by atoms with Gasteiger partial charge in [0.2, 0.25) is 0 Å². The Morgan fingerprint density at radius 3 is 2.93 bits per heavy atom. The van der Waals surface area contributed by atoms with Gasteiger partial charge in [0, 0.05) is 31.7 Å². The first kappa shape index (κ1) is 10.4. The van der Waals surface area contributed by atoms with Crippen LogP contribution >= 0.6 is 0 Å². The zero-order valence-electron chi connectivity index (χ0n) is 9.31. The molecule has 1 saturated heterocycles. The highest BCUT2D eigenvalue weighted by molar-refractivity contribution is 4.97. The first-order valence-electron chi connectivity index (χ1n) is 5.97. The van der Waals surface area contributed by atoms with Crippen molar-refractivity contribution in [1.82, 2.24) is 15.5 Å². The third-order valence-corrected chi connectivity index (χ3v) is 3.41. The fourth-order valence-electron chi connectivity index (χ4n) is 2.01. The van der Waals surface area contributed by atoms with E-state index in [1.54, 1.807) is 0 Å². The molecule has 0 bridgehead atoms. The lowest BCUT2D eigenvalue weighted by Gasteiger charge is -2.21. The van der Waals surface area contributed by atoms with Crippen LogP contribution in [0.3, 0.4) is 0 Å². The molecule has 0 aromatic rings. The lowest BCUT2D eigenvalue weighted by molar-refractivity contribution is 0.285. The van der Waals surface area contributed by atoms with Gasteiger partial charge in [0.1, 0.15) is 0 Å². The summed E-state index contributed by atoms with van der Waals surface area (Å²) in [6, 6.07) is 0. The van der Waals surface area contributed by atoms with Crippen LogP contribution in [-0.2, 0) is 0 Å². The second kappa shape index (κ2) is 4.60. The second-order valence-electron chi connectivity index (χ2n) is 4.93. The highest BCUT2D eigenvalue weighted by Crippen LogP contribution is 2.33. The average Bonchev–Trinajstić information content (AvgIpc) is 2.92. The smallest absolute Gasteiger partial charge is 0.0155 e. The Bertz CT molecular complexity index is 169. The molecule has 82 valence electrons. The molecular formula is C11H23N3. The lowest BCUT2D eigenvalue weighted by Crippen LogP contribution is -2.38. The predicted molar refractivity (Wildman–Crippen MR) is 59.6 cm³/mol. The predicted octanol–water partition coefficient (Wildman–Crippen LogP) is 0.424. The molecule has 0 spiro atoms. The molecule has 3 heteroatoms. The molecule has 0 aromatic carbocycles. The van der Waals surface area contributed by atoms with Gasteiger partial charge in [-0.05, 0) is 39.3 Å². The number of hydrogen-bond acceptors (Lipinski definition) is 3. The molecule has 2 N–H and O–H groups in total. The summed E-state index contributed by atoms with van der Waals surface area (Å²) in [4.78, 5) is 2.57. The monoisotopic (exact) mass is 197 g/mol. The second-order valence-corrected chi connectivity index (χ2v) is 4.93. The Labute approximate surface area is 87.2 Å². The Kier molecular flexibility index (Phi) is 3.42. The fourth-order valence-corrected chi connectivity index (χ4v) is 2.01. The minimum Gasteiger partial charge on any atom is -0.315 e. The van der Waals surface area contributed by atoms with Crippen LogP contribution in [0, 0.1) is 0 Å². The van der Waals surface area contributed by atoms with Crippen molar-refractivity contribution in [3.05, 3.63) is 0 Å². The fraction of sp³-hybridized carbons (Fsp3) is 1.00. The third-order valence-electron chi connectivity index (χ3n) is 3.41. The van der Waals surface area contributed by atoms with Crippen LogP contribution < -0.4 is 10.6 Å². The van der Waals surface area contributed by atoms with Crippen molar-refractivity contribution in [1.29, 1.82) is 0 Å². The molecule has 2 fully saturated rings. The average molecular weight is 197 g/mol. The summed E-state index contributed by atoms with van der Waals surface area (Å²) >= 11 is 0. The van der Waals surface area contributed by atoms with E-state index in [9.17, 15) is 0 Å². The summed E-state index contributed by atoms with van der Waals surface area (Å²) in [6.07, 6.45) is 4.04. The minimum atomic E-state index is 0.504. The zero-order valence-corrected chi connectivity index (χ0v) is 9.31. The molecule has 1 aliphatic carbocycles. The molecule has 1 aliphatic heterocycles. The molecule has 1 heterocycles. The van der Waals surface area contributed by atoms with Gasteiger partial charge in [0.05, 0.1) is 0 Å². The van der Waals surface area contributed by atoms with Gasteiger partial charge in [-0.15, -0.1) is 0 Å². The number of nitrogens with zero attached hydrogens (tertiary/aromatic N) is 1. The molecule has 2 rings (SSSR count). The lowest BCUT2D eigenvalue weighted by atomic mass is 10.3. The molecule has 0 amide bonds. The first-order valence-corrected chi connectivity index (χ1v) is 5.97. The normalized spacial score (nSPS) is 27.2. The summed E-state index contributed by atoms with van der Waals surface area (Å²) < 4.78 is 0. The van der Waals surface area contributed by atoms with Gasteiger partial charge < -0.3 is 15.5 Å². The van der Waals surface area contributed by atoms with E-state index in [0.717, 1.165) is 13.1 Å². The van der Waals surface area contributed by atoms with Crippen LogP contribution in [-0.4, -0.2) is 49.7 Å². The van der Waals surface area contributed by atoms with Crippen molar-refractivity contribution in [2.24, 2.45) is 0 Å². The summed E-state index contributed by atoms with van der Waals surface area (Å²) in [6.45, 7) is 9.56. The SMILES string of the molecule is CC1(NCCN2CCCNCC2)CC1. The van der Waals surface area contributed by atoms with E-state index < -0.39 is 0 Å². The standard InChI is InChI=1S/C11H23N3/c1-11(3-4-11)13-7-10-14-8-2-5-12-6-9-14/h12-13H,2-10H2,1H3. The Hall–Kier alpha value is -0.120. The molecule has 0 atom stereocenters. The van der Waals surface area contributed by atoms with Gasteiger partial charge in [-0.1, -0.05) is 0 Å². The summed E-state index contributed by atoms with van der Waals surface area (Å²) in [5, 5.41) is 7.07. The first-order chi connectivity index (χ1) is 6.79. The molecular weight excluding hydrogens is 174 g/mol. The topological polar surface area (TPSA) is 27.3 Å². The van der Waals surface area contributed by atoms with Crippen LogP contribution in [0.15, 0.2) is 0 Å². The Morgan fingerprint density at radius 2 is 2.14 bits per heavy atom. The van der Waals surface area contributed by atoms with Gasteiger partial charge in [-0.3, -0.25) is 0 Å². The molecule has 0 radical (unpaired) electrons. The van der Waals surface area contributed by atoms with E-state index in [0.29, 0.717) is 5.54 Å². The van der Waals surface area contributed by atoms with E-state index in [2.05, 4.69) is 22.5 Å². The van der Waals surface area contributed by atoms with Crippen molar-refractivity contribution in [3.63, 3.8) is 0 Å². The van der Waals surface area contributed by atoms with Crippen LogP contribution in [0.4, 0.5) is 0 Å². The highest BCUT2D eigenvalue weighted by atomic mass is 15.2. The Balaban J connectivity index is 1.59. The van der Waals surface area contributed by atoms with Gasteiger partial charge >= 0.3 is 0 Å². The molecule has 2 aliphatic rings. The molecule has 0 unspecified atom stereocenters. The molecule has 1 saturated carbocycles. The van der Waals surface area contributed by atoms with Crippen molar-refractivity contribution in [2.75, 3.05) is 39.3 Å². The van der Waals surface area contributed by atoms with E-state index >= 15 is 0 Å². The summed E-state index contributed by atoms with van der Waals surface area (Å²) in [7, 11) is 0. The zero-order chi connectivity index (χ0) is 9.86. The maximum atomic E-state index is 3.64. The maximum Gasteiger partial charge on any atom is 0.0155 e. The number of hydrogen-bond donors (Lipinski definition) is 2. The van der Waals surface area contributed by atoms with Crippen molar-refractivity contribution in [2.45, 2.75) is 31.7 Å². The van der Waals surface area contributed by atoms with Crippen molar-refractivity contribution >= 4 is 0 Å². The summed E-state index contributed by atoms with van der Waals surface area (Å²) in [5.41, 5.74) is 0.504. The van der Waals surface area contributed by atoms with E-state index in [1.807, 2.05) is 0 Å². The van der Waals surface area contributed by atoms with Gasteiger partial charge in [-0.2, -0.15) is 0 Å². The molecule has 14 heavy (non-hydrogen) atoms. The van der Waals surface area contributed by atoms with Crippen LogP contribution in [0.2, 0.25) is 0 Å². The van der Waals surface area contributed by atoms with Gasteiger partial charge in [0.25, 0.3) is 0 Å². The quantitative estimate of drug-likeness (QED) is 0.684. The van der Waals surface area contributed by atoms with E-state index in [4.69, 9.17) is 0 Å². The largest absolute Gasteiger partial charge is 0.315 e. The Morgan fingerprint density at radius 1 is 1.29 bits per heavy atom. The molecule has 3 nitrogen and oxygen atoms in total. The van der Waals surface area contributed by atoms with Crippen molar-refractivity contribution in [3.8, 4) is 0 Å². The van der Waals surface area contributed by atoms with E-state index in [1.165, 1.54) is 45.4 Å². The molecule has 0 aromatic heterocycles. The van der Waals surface area contributed by atoms with Crippen LogP contribution in [0.5, 0.6) is 0 Å². The van der Waals surface area contributed by atoms with E-state index in [-0.39, 0.29) is 0 Å². The van der Waals surface area contributed by atoms with Crippen LogP contribution in [0.25, 0.3) is 0 Å². The highest BCUT2D eigenvalue weighted by Gasteiger charge is 2.36. The van der Waals surface area contributed by atoms with Crippen LogP contribution in [0.1, 0.15) is 26.2 Å². The van der Waals surface area contributed by atoms with Gasteiger partial charge in [-0.25, -0.2) is 0 Å². The third kappa shape index (κ3) is 3.23. The summed E-state index contributed by atoms with van der Waals surface area (Å²) in [5.74, 6) is 0. The maximum absolute atomic E-state index is 3.64. The van der Waals surface area contributed by atoms with Crippen molar-refractivity contribution < 1.29 is 0 Å².